The van der Waals surface area contributed by atoms with E-state index in [1.54, 1.807) is 16.6 Å². The molecule has 1 atom stereocenters. The Bertz CT molecular complexity index is 837. The maximum atomic E-state index is 13.0. The molecule has 3 rings (SSSR count). The standard InChI is InChI=1S/C18H28N6O2/c1-12-16(13(2)22(5)19-12)14-9-15(23(6)20-14)17(25)24-8-7-18(26,11-24)10-21(3)4/h9,26H,7-8,10-11H2,1-6H3. The highest BCUT2D eigenvalue weighted by Crippen LogP contribution is 2.28. The first-order valence-electron chi connectivity index (χ1n) is 8.82. The molecule has 0 spiro atoms. The molecular weight excluding hydrogens is 332 g/mol. The molecule has 1 aliphatic rings. The molecule has 8 nitrogen and oxygen atoms in total. The zero-order valence-corrected chi connectivity index (χ0v) is 16.4. The molecule has 0 aliphatic carbocycles. The number of rotatable bonds is 4. The topological polar surface area (TPSA) is 79.4 Å². The Morgan fingerprint density at radius 2 is 1.96 bits per heavy atom. The summed E-state index contributed by atoms with van der Waals surface area (Å²) in [5.74, 6) is -0.0971. The molecule has 0 bridgehead atoms. The van der Waals surface area contributed by atoms with Crippen LogP contribution in [0.5, 0.6) is 0 Å². The molecule has 1 amide bonds. The van der Waals surface area contributed by atoms with E-state index in [0.29, 0.717) is 31.7 Å². The zero-order chi connectivity index (χ0) is 19.2. The highest BCUT2D eigenvalue weighted by molar-refractivity contribution is 5.94. The summed E-state index contributed by atoms with van der Waals surface area (Å²) >= 11 is 0. The number of carbonyl (C=O) groups excluding carboxylic acids is 1. The third-order valence-corrected chi connectivity index (χ3v) is 5.09. The van der Waals surface area contributed by atoms with Gasteiger partial charge in [-0.1, -0.05) is 0 Å². The molecule has 1 aliphatic heterocycles. The van der Waals surface area contributed by atoms with Crippen molar-refractivity contribution < 1.29 is 9.90 Å². The van der Waals surface area contributed by atoms with Gasteiger partial charge in [0, 0.05) is 38.4 Å². The van der Waals surface area contributed by atoms with Crippen molar-refractivity contribution in [2.24, 2.45) is 14.1 Å². The van der Waals surface area contributed by atoms with Crippen LogP contribution in [0.15, 0.2) is 6.07 Å². The number of aromatic nitrogens is 4. The van der Waals surface area contributed by atoms with Crippen LogP contribution in [0.1, 0.15) is 28.3 Å². The van der Waals surface area contributed by atoms with Gasteiger partial charge in [-0.15, -0.1) is 0 Å². The first-order valence-corrected chi connectivity index (χ1v) is 8.82. The summed E-state index contributed by atoms with van der Waals surface area (Å²) in [7, 11) is 7.53. The van der Waals surface area contributed by atoms with Gasteiger partial charge in [-0.2, -0.15) is 10.2 Å². The van der Waals surface area contributed by atoms with E-state index in [1.807, 2.05) is 50.6 Å². The summed E-state index contributed by atoms with van der Waals surface area (Å²) in [5.41, 5.74) is 3.30. The maximum absolute atomic E-state index is 13.0. The number of hydrogen-bond acceptors (Lipinski definition) is 5. The molecule has 3 heterocycles. The fourth-order valence-corrected chi connectivity index (χ4v) is 3.84. The largest absolute Gasteiger partial charge is 0.387 e. The van der Waals surface area contributed by atoms with Crippen LogP contribution in [-0.2, 0) is 14.1 Å². The fourth-order valence-electron chi connectivity index (χ4n) is 3.84. The third-order valence-electron chi connectivity index (χ3n) is 5.09. The molecule has 2 aromatic heterocycles. The van der Waals surface area contributed by atoms with E-state index in [4.69, 9.17) is 0 Å². The van der Waals surface area contributed by atoms with Crippen LogP contribution in [0, 0.1) is 13.8 Å². The molecule has 0 saturated carbocycles. The normalized spacial score (nSPS) is 20.4. The number of carbonyl (C=O) groups is 1. The van der Waals surface area contributed by atoms with Crippen LogP contribution < -0.4 is 0 Å². The molecule has 26 heavy (non-hydrogen) atoms. The number of amides is 1. The van der Waals surface area contributed by atoms with Crippen LogP contribution >= 0.6 is 0 Å². The summed E-state index contributed by atoms with van der Waals surface area (Å²) < 4.78 is 3.44. The summed E-state index contributed by atoms with van der Waals surface area (Å²) in [6, 6.07) is 1.82. The highest BCUT2D eigenvalue weighted by atomic mass is 16.3. The van der Waals surface area contributed by atoms with E-state index in [1.165, 1.54) is 0 Å². The number of β-amino-alcohol motifs (C(OH)–C–C–N with tert-alkyl or cyclic N) is 1. The van der Waals surface area contributed by atoms with Crippen LogP contribution in [0.25, 0.3) is 11.3 Å². The third kappa shape index (κ3) is 3.26. The van der Waals surface area contributed by atoms with Crippen molar-refractivity contribution in [2.75, 3.05) is 33.7 Å². The minimum Gasteiger partial charge on any atom is -0.387 e. The molecule has 1 N–H and O–H groups in total. The summed E-state index contributed by atoms with van der Waals surface area (Å²) in [5, 5.41) is 19.7. The maximum Gasteiger partial charge on any atom is 0.272 e. The second-order valence-electron chi connectivity index (χ2n) is 7.65. The minimum atomic E-state index is -0.850. The summed E-state index contributed by atoms with van der Waals surface area (Å²) in [6.45, 7) is 5.37. The van der Waals surface area contributed by atoms with E-state index in [-0.39, 0.29) is 5.91 Å². The van der Waals surface area contributed by atoms with Gasteiger partial charge in [0.25, 0.3) is 5.91 Å². The Kier molecular flexibility index (Phi) is 4.66. The molecule has 142 valence electrons. The van der Waals surface area contributed by atoms with E-state index in [9.17, 15) is 9.90 Å². The molecule has 2 aromatic rings. The van der Waals surface area contributed by atoms with Crippen LogP contribution in [0.2, 0.25) is 0 Å². The lowest BCUT2D eigenvalue weighted by Crippen LogP contribution is -2.43. The first kappa shape index (κ1) is 18.6. The van der Waals surface area contributed by atoms with Crippen LogP contribution in [-0.4, -0.2) is 79.7 Å². The van der Waals surface area contributed by atoms with Crippen molar-refractivity contribution in [2.45, 2.75) is 25.9 Å². The van der Waals surface area contributed by atoms with Crippen LogP contribution in [0.4, 0.5) is 0 Å². The Morgan fingerprint density at radius 1 is 1.27 bits per heavy atom. The second-order valence-corrected chi connectivity index (χ2v) is 7.65. The van der Waals surface area contributed by atoms with Crippen molar-refractivity contribution in [3.8, 4) is 11.3 Å². The minimum absolute atomic E-state index is 0.0971. The SMILES string of the molecule is Cc1nn(C)c(C)c1-c1cc(C(=O)N2CCC(O)(CN(C)C)C2)n(C)n1. The van der Waals surface area contributed by atoms with Gasteiger partial charge in [0.05, 0.1) is 23.5 Å². The van der Waals surface area contributed by atoms with Crippen molar-refractivity contribution >= 4 is 5.91 Å². The Labute approximate surface area is 154 Å². The Morgan fingerprint density at radius 3 is 2.54 bits per heavy atom. The average molecular weight is 360 g/mol. The Hall–Kier alpha value is -2.19. The predicted molar refractivity (Wildman–Crippen MR) is 98.9 cm³/mol. The first-order chi connectivity index (χ1) is 12.1. The van der Waals surface area contributed by atoms with Crippen molar-refractivity contribution in [3.05, 3.63) is 23.1 Å². The lowest BCUT2D eigenvalue weighted by Gasteiger charge is -2.26. The quantitative estimate of drug-likeness (QED) is 0.863. The van der Waals surface area contributed by atoms with Gasteiger partial charge in [0.2, 0.25) is 0 Å². The molecule has 8 heteroatoms. The highest BCUT2D eigenvalue weighted by Gasteiger charge is 2.39. The Balaban J connectivity index is 1.85. The number of hydrogen-bond donors (Lipinski definition) is 1. The lowest BCUT2D eigenvalue weighted by molar-refractivity contribution is 0.0234. The molecule has 1 unspecified atom stereocenters. The smallest absolute Gasteiger partial charge is 0.272 e. The number of nitrogens with zero attached hydrogens (tertiary/aromatic N) is 6. The second kappa shape index (κ2) is 6.51. The molecule has 0 aromatic carbocycles. The lowest BCUT2D eigenvalue weighted by atomic mass is 10.0. The monoisotopic (exact) mass is 360 g/mol. The van der Waals surface area contributed by atoms with Gasteiger partial charge in [-0.3, -0.25) is 14.2 Å². The van der Waals surface area contributed by atoms with E-state index in [2.05, 4.69) is 10.2 Å². The molecule has 0 radical (unpaired) electrons. The van der Waals surface area contributed by atoms with Gasteiger partial charge in [0.1, 0.15) is 5.69 Å². The van der Waals surface area contributed by atoms with Crippen LogP contribution in [0.3, 0.4) is 0 Å². The fraction of sp³-hybridized carbons (Fsp3) is 0.611. The average Bonchev–Trinajstić information content (AvgIpc) is 3.16. The van der Waals surface area contributed by atoms with E-state index >= 15 is 0 Å². The number of aliphatic hydroxyl groups is 1. The summed E-state index contributed by atoms with van der Waals surface area (Å²) in [6.07, 6.45) is 0.586. The predicted octanol–water partition coefficient (Wildman–Crippen LogP) is 0.576. The van der Waals surface area contributed by atoms with Gasteiger partial charge >= 0.3 is 0 Å². The number of aryl methyl sites for hydroxylation is 3. The van der Waals surface area contributed by atoms with Gasteiger partial charge in [0.15, 0.2) is 0 Å². The van der Waals surface area contributed by atoms with Gasteiger partial charge in [-0.05, 0) is 40.4 Å². The molecular formula is C18H28N6O2. The zero-order valence-electron chi connectivity index (χ0n) is 16.4. The van der Waals surface area contributed by atoms with E-state index < -0.39 is 5.60 Å². The van der Waals surface area contributed by atoms with Crippen molar-refractivity contribution in [1.82, 2.24) is 29.4 Å². The van der Waals surface area contributed by atoms with Gasteiger partial charge < -0.3 is 14.9 Å². The number of likely N-dealkylation sites (tertiary alicyclic amines) is 1. The van der Waals surface area contributed by atoms with Gasteiger partial charge in [-0.25, -0.2) is 0 Å². The number of likely N-dealkylation sites (N-methyl/N-ethyl adjacent to an activating group) is 1. The van der Waals surface area contributed by atoms with E-state index in [0.717, 1.165) is 22.6 Å². The van der Waals surface area contributed by atoms with Crippen molar-refractivity contribution in [1.29, 1.82) is 0 Å². The molecule has 1 fully saturated rings. The molecule has 1 saturated heterocycles. The van der Waals surface area contributed by atoms with Crippen molar-refractivity contribution in [3.63, 3.8) is 0 Å². The summed E-state index contributed by atoms with van der Waals surface area (Å²) in [4.78, 5) is 16.6.